The summed E-state index contributed by atoms with van der Waals surface area (Å²) in [5, 5.41) is 0. The van der Waals surface area contributed by atoms with Crippen LogP contribution in [0.4, 0.5) is 5.69 Å². The van der Waals surface area contributed by atoms with Gasteiger partial charge >= 0.3 is 5.97 Å². The van der Waals surface area contributed by atoms with Gasteiger partial charge in [0.2, 0.25) is 5.91 Å². The van der Waals surface area contributed by atoms with Crippen LogP contribution < -0.4 is 9.64 Å². The van der Waals surface area contributed by atoms with Crippen molar-refractivity contribution in [2.24, 2.45) is 0 Å². The smallest absolute Gasteiger partial charge is 0.308 e. The van der Waals surface area contributed by atoms with Crippen LogP contribution in [0.2, 0.25) is 0 Å². The van der Waals surface area contributed by atoms with Gasteiger partial charge in [-0.3, -0.25) is 19.2 Å². The minimum Gasteiger partial charge on any atom is -0.459 e. The molecule has 0 spiro atoms. The molecule has 1 saturated heterocycles. The molecule has 29 heavy (non-hydrogen) atoms. The molecule has 1 aromatic heterocycles. The average molecular weight is 398 g/mol. The second-order valence-corrected chi connectivity index (χ2v) is 7.70. The fourth-order valence-electron chi connectivity index (χ4n) is 3.35. The highest BCUT2D eigenvalue weighted by Gasteiger charge is 2.48. The third-order valence-corrected chi connectivity index (χ3v) is 4.46. The Bertz CT molecular complexity index is 941. The number of imide groups is 1. The zero-order valence-corrected chi connectivity index (χ0v) is 16.7. The van der Waals surface area contributed by atoms with Gasteiger partial charge in [0.25, 0.3) is 11.8 Å². The number of nitrogens with zero attached hydrogens (tertiary/aromatic N) is 2. The Hall–Kier alpha value is -3.42. The van der Waals surface area contributed by atoms with Gasteiger partial charge in [0.15, 0.2) is 5.76 Å². The lowest BCUT2D eigenvalue weighted by molar-refractivity contribution is -0.132. The monoisotopic (exact) mass is 398 g/mol. The van der Waals surface area contributed by atoms with E-state index >= 15 is 0 Å². The third kappa shape index (κ3) is 4.06. The highest BCUT2D eigenvalue weighted by atomic mass is 16.5. The van der Waals surface area contributed by atoms with E-state index in [-0.39, 0.29) is 12.2 Å². The van der Waals surface area contributed by atoms with Gasteiger partial charge in [-0.25, -0.2) is 4.90 Å². The number of benzene rings is 1. The first-order valence-corrected chi connectivity index (χ1v) is 9.12. The predicted octanol–water partition coefficient (Wildman–Crippen LogP) is 2.78. The van der Waals surface area contributed by atoms with E-state index in [0.29, 0.717) is 11.4 Å². The van der Waals surface area contributed by atoms with Crippen LogP contribution in [0.5, 0.6) is 5.75 Å². The maximum Gasteiger partial charge on any atom is 0.308 e. The molecular weight excluding hydrogens is 376 g/mol. The van der Waals surface area contributed by atoms with Crippen LogP contribution in [-0.2, 0) is 14.4 Å². The number of carbonyl (C=O) groups excluding carboxylic acids is 4. The van der Waals surface area contributed by atoms with Crippen LogP contribution in [0.3, 0.4) is 0 Å². The van der Waals surface area contributed by atoms with E-state index in [2.05, 4.69) is 0 Å². The summed E-state index contributed by atoms with van der Waals surface area (Å²) >= 11 is 0. The largest absolute Gasteiger partial charge is 0.459 e. The summed E-state index contributed by atoms with van der Waals surface area (Å²) in [6.07, 6.45) is 1.25. The summed E-state index contributed by atoms with van der Waals surface area (Å²) in [7, 11) is 0. The van der Waals surface area contributed by atoms with E-state index in [1.165, 1.54) is 48.4 Å². The van der Waals surface area contributed by atoms with Crippen molar-refractivity contribution < 1.29 is 28.3 Å². The van der Waals surface area contributed by atoms with Gasteiger partial charge in [-0.2, -0.15) is 0 Å². The minimum absolute atomic E-state index is 0.101. The molecule has 0 N–H and O–H groups in total. The molecule has 0 aliphatic carbocycles. The van der Waals surface area contributed by atoms with Crippen LogP contribution in [0.15, 0.2) is 47.1 Å². The molecule has 3 amide bonds. The van der Waals surface area contributed by atoms with Gasteiger partial charge in [0.05, 0.1) is 18.4 Å². The summed E-state index contributed by atoms with van der Waals surface area (Å²) in [5.74, 6) is -1.43. The Morgan fingerprint density at radius 2 is 1.79 bits per heavy atom. The molecule has 8 nitrogen and oxygen atoms in total. The van der Waals surface area contributed by atoms with Gasteiger partial charge in [-0.1, -0.05) is 0 Å². The Morgan fingerprint density at radius 3 is 2.31 bits per heavy atom. The van der Waals surface area contributed by atoms with Gasteiger partial charge in [0.1, 0.15) is 11.8 Å². The molecule has 0 saturated carbocycles. The van der Waals surface area contributed by atoms with Crippen molar-refractivity contribution in [3.63, 3.8) is 0 Å². The van der Waals surface area contributed by atoms with Crippen LogP contribution in [-0.4, -0.2) is 40.2 Å². The molecular formula is C21H22N2O6. The highest BCUT2D eigenvalue weighted by Crippen LogP contribution is 2.31. The molecule has 1 aromatic carbocycles. The number of hydrogen-bond donors (Lipinski definition) is 0. The van der Waals surface area contributed by atoms with E-state index in [1.54, 1.807) is 26.8 Å². The van der Waals surface area contributed by atoms with Gasteiger partial charge in [0, 0.05) is 12.5 Å². The number of amides is 3. The van der Waals surface area contributed by atoms with Gasteiger partial charge in [-0.15, -0.1) is 0 Å². The normalized spacial score (nSPS) is 16.8. The first-order chi connectivity index (χ1) is 13.6. The van der Waals surface area contributed by atoms with Crippen LogP contribution in [0.25, 0.3) is 0 Å². The first kappa shape index (κ1) is 20.3. The van der Waals surface area contributed by atoms with Crippen molar-refractivity contribution in [3.8, 4) is 5.75 Å². The molecule has 0 radical (unpaired) electrons. The number of hydrogen-bond acceptors (Lipinski definition) is 6. The zero-order chi connectivity index (χ0) is 21.3. The second kappa shape index (κ2) is 7.54. The minimum atomic E-state index is -0.951. The molecule has 1 unspecified atom stereocenters. The summed E-state index contributed by atoms with van der Waals surface area (Å²) in [6, 6.07) is 8.20. The van der Waals surface area contributed by atoms with Crippen molar-refractivity contribution in [2.75, 3.05) is 4.90 Å². The SMILES string of the molecule is CC(=O)Oc1ccc(N2C(=O)CC(N(C(=O)c3ccco3)C(C)(C)C)C2=O)cc1. The Balaban J connectivity index is 1.90. The first-order valence-electron chi connectivity index (χ1n) is 9.12. The zero-order valence-electron chi connectivity index (χ0n) is 16.7. The highest BCUT2D eigenvalue weighted by molar-refractivity contribution is 6.23. The predicted molar refractivity (Wildman–Crippen MR) is 103 cm³/mol. The fraction of sp³-hybridized carbons (Fsp3) is 0.333. The number of carbonyl (C=O) groups is 4. The lowest BCUT2D eigenvalue weighted by atomic mass is 10.0. The van der Waals surface area contributed by atoms with Crippen molar-refractivity contribution in [3.05, 3.63) is 48.4 Å². The second-order valence-electron chi connectivity index (χ2n) is 7.70. The molecule has 0 bridgehead atoms. The van der Waals surface area contributed by atoms with E-state index in [0.717, 1.165) is 4.90 Å². The van der Waals surface area contributed by atoms with E-state index in [1.807, 2.05) is 0 Å². The van der Waals surface area contributed by atoms with E-state index < -0.39 is 35.3 Å². The number of anilines is 1. The molecule has 8 heteroatoms. The Kier molecular flexibility index (Phi) is 5.28. The molecule has 2 aromatic rings. The lowest BCUT2D eigenvalue weighted by Crippen LogP contribution is -2.54. The van der Waals surface area contributed by atoms with Crippen LogP contribution in [0.1, 0.15) is 44.7 Å². The Labute approximate surface area is 168 Å². The summed E-state index contributed by atoms with van der Waals surface area (Å²) < 4.78 is 10.2. The topological polar surface area (TPSA) is 97.1 Å². The number of furan rings is 1. The summed E-state index contributed by atoms with van der Waals surface area (Å²) in [5.41, 5.74) is -0.377. The maximum atomic E-state index is 13.1. The quantitative estimate of drug-likeness (QED) is 0.446. The van der Waals surface area contributed by atoms with E-state index in [4.69, 9.17) is 9.15 Å². The van der Waals surface area contributed by atoms with Crippen molar-refractivity contribution >= 4 is 29.4 Å². The van der Waals surface area contributed by atoms with Crippen molar-refractivity contribution in [1.82, 2.24) is 4.90 Å². The van der Waals surface area contributed by atoms with E-state index in [9.17, 15) is 19.2 Å². The average Bonchev–Trinajstić information content (AvgIpc) is 3.24. The van der Waals surface area contributed by atoms with Gasteiger partial charge < -0.3 is 14.1 Å². The molecule has 3 rings (SSSR count). The fourth-order valence-corrected chi connectivity index (χ4v) is 3.35. The van der Waals surface area contributed by atoms with Crippen molar-refractivity contribution in [1.29, 1.82) is 0 Å². The summed E-state index contributed by atoms with van der Waals surface area (Å²) in [4.78, 5) is 52.3. The molecule has 1 fully saturated rings. The molecule has 152 valence electrons. The molecule has 1 atom stereocenters. The number of ether oxygens (including phenoxy) is 1. The third-order valence-electron chi connectivity index (χ3n) is 4.46. The maximum absolute atomic E-state index is 13.1. The van der Waals surface area contributed by atoms with Crippen LogP contribution in [0, 0.1) is 0 Å². The van der Waals surface area contributed by atoms with Crippen LogP contribution >= 0.6 is 0 Å². The van der Waals surface area contributed by atoms with Gasteiger partial charge in [-0.05, 0) is 57.2 Å². The number of rotatable bonds is 4. The number of esters is 1. The Morgan fingerprint density at radius 1 is 1.14 bits per heavy atom. The van der Waals surface area contributed by atoms with Crippen molar-refractivity contribution in [2.45, 2.75) is 45.7 Å². The lowest BCUT2D eigenvalue weighted by Gasteiger charge is -2.38. The standard InChI is InChI=1S/C21H22N2O6/c1-13(24)29-15-9-7-14(8-10-15)22-18(25)12-16(19(22)26)23(21(2,3)4)20(27)17-6-5-11-28-17/h5-11,16H,12H2,1-4H3. The molecule has 1 aliphatic heterocycles. The molecule has 2 heterocycles. The summed E-state index contributed by atoms with van der Waals surface area (Å²) in [6.45, 7) is 6.66. The molecule has 1 aliphatic rings.